The van der Waals surface area contributed by atoms with Crippen LogP contribution in [0, 0.1) is 5.82 Å². The van der Waals surface area contributed by atoms with E-state index in [4.69, 9.17) is 4.74 Å². The summed E-state index contributed by atoms with van der Waals surface area (Å²) in [5.41, 5.74) is 1.23. The molecule has 0 aliphatic carbocycles. The van der Waals surface area contributed by atoms with E-state index in [1.165, 1.54) is 6.07 Å². The fraction of sp³-hybridized carbons (Fsp3) is 0.231. The van der Waals surface area contributed by atoms with Crippen LogP contribution in [0.3, 0.4) is 0 Å². The lowest BCUT2D eigenvalue weighted by molar-refractivity contribution is 0.247. The molecule has 0 radical (unpaired) electrons. The Labute approximate surface area is 89.9 Å². The summed E-state index contributed by atoms with van der Waals surface area (Å²) in [7, 11) is 0. The highest BCUT2D eigenvalue weighted by Crippen LogP contribution is 2.24. The fourth-order valence-corrected chi connectivity index (χ4v) is 1.40. The summed E-state index contributed by atoms with van der Waals surface area (Å²) in [6.07, 6.45) is 1.80. The SMILES string of the molecule is C=C(OCC)/C(=C\C)c1ccccc1F. The van der Waals surface area contributed by atoms with Gasteiger partial charge in [0.05, 0.1) is 6.61 Å². The molecule has 2 heteroatoms. The van der Waals surface area contributed by atoms with Crippen LogP contribution >= 0.6 is 0 Å². The third-order valence-electron chi connectivity index (χ3n) is 2.07. The number of allylic oxidation sites excluding steroid dienone is 2. The first kappa shape index (κ1) is 11.5. The maximum atomic E-state index is 13.5. The zero-order chi connectivity index (χ0) is 11.3. The van der Waals surface area contributed by atoms with Gasteiger partial charge in [0.15, 0.2) is 0 Å². The minimum atomic E-state index is -0.258. The minimum Gasteiger partial charge on any atom is -0.494 e. The van der Waals surface area contributed by atoms with Crippen molar-refractivity contribution >= 4 is 5.57 Å². The van der Waals surface area contributed by atoms with E-state index in [0.717, 1.165) is 0 Å². The number of hydrogen-bond donors (Lipinski definition) is 0. The normalized spacial score (nSPS) is 11.3. The van der Waals surface area contributed by atoms with Crippen molar-refractivity contribution in [2.24, 2.45) is 0 Å². The molecule has 0 aliphatic heterocycles. The van der Waals surface area contributed by atoms with Gasteiger partial charge < -0.3 is 4.74 Å². The lowest BCUT2D eigenvalue weighted by atomic mass is 10.0. The Morgan fingerprint density at radius 1 is 1.47 bits per heavy atom. The molecule has 0 bridgehead atoms. The molecule has 0 aromatic heterocycles. The summed E-state index contributed by atoms with van der Waals surface area (Å²) in [5, 5.41) is 0. The average Bonchev–Trinajstić information content (AvgIpc) is 2.22. The molecule has 0 fully saturated rings. The van der Waals surface area contributed by atoms with Crippen molar-refractivity contribution in [2.75, 3.05) is 6.61 Å². The molecule has 0 spiro atoms. The molecule has 0 saturated carbocycles. The molecular weight excluding hydrogens is 191 g/mol. The van der Waals surface area contributed by atoms with Gasteiger partial charge in [-0.3, -0.25) is 0 Å². The molecule has 0 atom stereocenters. The molecule has 15 heavy (non-hydrogen) atoms. The lowest BCUT2D eigenvalue weighted by Crippen LogP contribution is -1.96. The van der Waals surface area contributed by atoms with Crippen molar-refractivity contribution in [3.05, 3.63) is 54.1 Å². The Morgan fingerprint density at radius 2 is 2.13 bits per heavy atom. The molecule has 0 N–H and O–H groups in total. The van der Waals surface area contributed by atoms with E-state index >= 15 is 0 Å². The Morgan fingerprint density at radius 3 is 2.67 bits per heavy atom. The molecule has 0 saturated heterocycles. The number of hydrogen-bond acceptors (Lipinski definition) is 1. The van der Waals surface area contributed by atoms with Crippen LogP contribution in [0.15, 0.2) is 42.7 Å². The van der Waals surface area contributed by atoms with Gasteiger partial charge in [-0.1, -0.05) is 30.9 Å². The molecule has 0 heterocycles. The third-order valence-corrected chi connectivity index (χ3v) is 2.07. The Hall–Kier alpha value is -1.57. The highest BCUT2D eigenvalue weighted by Gasteiger charge is 2.09. The second kappa shape index (κ2) is 5.35. The van der Waals surface area contributed by atoms with Crippen molar-refractivity contribution in [2.45, 2.75) is 13.8 Å². The van der Waals surface area contributed by atoms with E-state index in [0.29, 0.717) is 23.5 Å². The quantitative estimate of drug-likeness (QED) is 0.538. The zero-order valence-corrected chi connectivity index (χ0v) is 9.09. The maximum Gasteiger partial charge on any atom is 0.131 e. The topological polar surface area (TPSA) is 9.23 Å². The van der Waals surface area contributed by atoms with Gasteiger partial charge in [0.25, 0.3) is 0 Å². The lowest BCUT2D eigenvalue weighted by Gasteiger charge is -2.11. The van der Waals surface area contributed by atoms with Crippen molar-refractivity contribution < 1.29 is 9.13 Å². The van der Waals surface area contributed by atoms with Gasteiger partial charge in [0.1, 0.15) is 11.6 Å². The van der Waals surface area contributed by atoms with E-state index < -0.39 is 0 Å². The Bertz CT molecular complexity index is 380. The largest absolute Gasteiger partial charge is 0.494 e. The minimum absolute atomic E-state index is 0.258. The van der Waals surface area contributed by atoms with Crippen LogP contribution in [0.1, 0.15) is 19.4 Å². The monoisotopic (exact) mass is 206 g/mol. The Balaban J connectivity index is 3.04. The van der Waals surface area contributed by atoms with E-state index in [9.17, 15) is 4.39 Å². The van der Waals surface area contributed by atoms with Gasteiger partial charge in [-0.15, -0.1) is 0 Å². The second-order valence-corrected chi connectivity index (χ2v) is 3.04. The van der Waals surface area contributed by atoms with Gasteiger partial charge in [0.2, 0.25) is 0 Å². The van der Waals surface area contributed by atoms with Crippen LogP contribution in [0.4, 0.5) is 4.39 Å². The van der Waals surface area contributed by atoms with Crippen LogP contribution in [0.5, 0.6) is 0 Å². The molecule has 0 aliphatic rings. The smallest absolute Gasteiger partial charge is 0.131 e. The van der Waals surface area contributed by atoms with E-state index in [2.05, 4.69) is 6.58 Å². The number of benzene rings is 1. The average molecular weight is 206 g/mol. The van der Waals surface area contributed by atoms with Gasteiger partial charge >= 0.3 is 0 Å². The molecule has 1 rings (SSSR count). The van der Waals surface area contributed by atoms with Crippen LogP contribution in [-0.4, -0.2) is 6.61 Å². The molecule has 1 nitrogen and oxygen atoms in total. The molecule has 1 aromatic rings. The van der Waals surface area contributed by atoms with Gasteiger partial charge in [0, 0.05) is 11.1 Å². The summed E-state index contributed by atoms with van der Waals surface area (Å²) >= 11 is 0. The number of ether oxygens (including phenoxy) is 1. The highest BCUT2D eigenvalue weighted by atomic mass is 19.1. The molecule has 0 unspecified atom stereocenters. The van der Waals surface area contributed by atoms with Crippen LogP contribution in [0.2, 0.25) is 0 Å². The highest BCUT2D eigenvalue weighted by molar-refractivity contribution is 5.76. The fourth-order valence-electron chi connectivity index (χ4n) is 1.40. The van der Waals surface area contributed by atoms with Crippen LogP contribution in [-0.2, 0) is 4.74 Å². The second-order valence-electron chi connectivity index (χ2n) is 3.04. The van der Waals surface area contributed by atoms with E-state index in [1.807, 2.05) is 13.8 Å². The van der Waals surface area contributed by atoms with Gasteiger partial charge in [-0.05, 0) is 19.9 Å². The molecule has 1 aromatic carbocycles. The first-order valence-corrected chi connectivity index (χ1v) is 4.94. The first-order valence-electron chi connectivity index (χ1n) is 4.94. The van der Waals surface area contributed by atoms with Crippen LogP contribution in [0.25, 0.3) is 5.57 Å². The van der Waals surface area contributed by atoms with E-state index in [-0.39, 0.29) is 5.82 Å². The standard InChI is InChI=1S/C13H15FO/c1-4-11(10(3)15-5-2)12-8-6-7-9-13(12)14/h4,6-9H,3,5H2,1-2H3/b11-4+. The molecular formula is C13H15FO. The first-order chi connectivity index (χ1) is 7.20. The van der Waals surface area contributed by atoms with Gasteiger partial charge in [-0.25, -0.2) is 4.39 Å². The zero-order valence-electron chi connectivity index (χ0n) is 9.09. The van der Waals surface area contributed by atoms with Crippen molar-refractivity contribution in [3.8, 4) is 0 Å². The summed E-state index contributed by atoms with van der Waals surface area (Å²) in [5.74, 6) is 0.247. The van der Waals surface area contributed by atoms with Crippen molar-refractivity contribution in [1.29, 1.82) is 0 Å². The summed E-state index contributed by atoms with van der Waals surface area (Å²) in [4.78, 5) is 0. The van der Waals surface area contributed by atoms with Gasteiger partial charge in [-0.2, -0.15) is 0 Å². The van der Waals surface area contributed by atoms with Crippen molar-refractivity contribution in [1.82, 2.24) is 0 Å². The van der Waals surface area contributed by atoms with Crippen molar-refractivity contribution in [3.63, 3.8) is 0 Å². The predicted octanol–water partition coefficient (Wildman–Crippen LogP) is 3.78. The molecule has 0 amide bonds. The third kappa shape index (κ3) is 2.69. The Kier molecular flexibility index (Phi) is 4.10. The maximum absolute atomic E-state index is 13.5. The molecule has 80 valence electrons. The summed E-state index contributed by atoms with van der Waals surface area (Å²) < 4.78 is 18.8. The predicted molar refractivity (Wildman–Crippen MR) is 60.8 cm³/mol. The number of halogens is 1. The summed E-state index contributed by atoms with van der Waals surface area (Å²) in [6.45, 7) is 8.02. The number of rotatable bonds is 4. The van der Waals surface area contributed by atoms with E-state index in [1.54, 1.807) is 24.3 Å². The van der Waals surface area contributed by atoms with Crippen LogP contribution < -0.4 is 0 Å². The summed E-state index contributed by atoms with van der Waals surface area (Å²) in [6, 6.07) is 6.60.